The lowest BCUT2D eigenvalue weighted by molar-refractivity contribution is 0.1000. The first-order valence-corrected chi connectivity index (χ1v) is 4.07. The fraction of sp³-hybridized carbons (Fsp3) is 0.200. The maximum absolute atomic E-state index is 11.3. The van der Waals surface area contributed by atoms with Gasteiger partial charge in [-0.25, -0.2) is 4.79 Å². The Labute approximate surface area is 86.3 Å². The number of methoxy groups -OCH3 is 2. The summed E-state index contributed by atoms with van der Waals surface area (Å²) in [5.74, 6) is 0.168. The second-order valence-electron chi connectivity index (χ2n) is 2.57. The van der Waals surface area contributed by atoms with Crippen LogP contribution in [0.25, 0.3) is 0 Å². The van der Waals surface area contributed by atoms with Gasteiger partial charge in [0.15, 0.2) is 0 Å². The van der Waals surface area contributed by atoms with Crippen molar-refractivity contribution >= 4 is 12.0 Å². The number of carbonyl (C=O) groups excluding carboxylic acids is 2. The molecule has 0 atom stereocenters. The van der Waals surface area contributed by atoms with E-state index in [-0.39, 0.29) is 5.56 Å². The van der Waals surface area contributed by atoms with Gasteiger partial charge in [0.05, 0.1) is 19.8 Å². The molecule has 0 heterocycles. The number of hydrogen-bond donors (Lipinski definition) is 0. The Hall–Kier alpha value is -2.13. The van der Waals surface area contributed by atoms with Gasteiger partial charge in [-0.2, -0.15) is 0 Å². The van der Waals surface area contributed by atoms with E-state index in [1.54, 1.807) is 6.07 Å². The van der Waals surface area contributed by atoms with Crippen LogP contribution in [0.1, 0.15) is 10.4 Å². The minimum absolute atomic E-state index is 0.196. The quantitative estimate of drug-likeness (QED) is 0.551. The standard InChI is InChI=1S/C10H9NO4/c1-14-7-3-4-8(9(5-7)15-2)10(13)11-6-12/h3-5H,1-2H3. The highest BCUT2D eigenvalue weighted by Crippen LogP contribution is 2.24. The van der Waals surface area contributed by atoms with Gasteiger partial charge in [0.1, 0.15) is 11.5 Å². The number of isocyanates is 1. The van der Waals surface area contributed by atoms with Crippen LogP contribution in [-0.4, -0.2) is 26.2 Å². The first kappa shape index (κ1) is 10.9. The van der Waals surface area contributed by atoms with Crippen molar-refractivity contribution < 1.29 is 19.1 Å². The Bertz CT molecular complexity index is 421. The lowest BCUT2D eigenvalue weighted by Gasteiger charge is -2.06. The van der Waals surface area contributed by atoms with Gasteiger partial charge in [0.2, 0.25) is 6.08 Å². The van der Waals surface area contributed by atoms with Crippen LogP contribution in [0.5, 0.6) is 11.5 Å². The van der Waals surface area contributed by atoms with Crippen molar-refractivity contribution in [2.45, 2.75) is 0 Å². The lowest BCUT2D eigenvalue weighted by atomic mass is 10.2. The first-order chi connectivity index (χ1) is 7.22. The van der Waals surface area contributed by atoms with Crippen molar-refractivity contribution in [2.75, 3.05) is 14.2 Å². The summed E-state index contributed by atoms with van der Waals surface area (Å²) < 4.78 is 9.92. The van der Waals surface area contributed by atoms with Crippen molar-refractivity contribution in [3.63, 3.8) is 0 Å². The van der Waals surface area contributed by atoms with E-state index in [1.165, 1.54) is 32.4 Å². The molecule has 0 N–H and O–H groups in total. The van der Waals surface area contributed by atoms with E-state index in [0.29, 0.717) is 11.5 Å². The second kappa shape index (κ2) is 4.93. The van der Waals surface area contributed by atoms with Crippen LogP contribution in [0.2, 0.25) is 0 Å². The third kappa shape index (κ3) is 2.42. The van der Waals surface area contributed by atoms with Crippen LogP contribution in [0.3, 0.4) is 0 Å². The van der Waals surface area contributed by atoms with Crippen LogP contribution in [-0.2, 0) is 4.79 Å². The fourth-order valence-electron chi connectivity index (χ4n) is 1.08. The molecule has 0 aliphatic heterocycles. The maximum atomic E-state index is 11.3. The number of amides is 1. The molecule has 1 rings (SSSR count). The largest absolute Gasteiger partial charge is 0.497 e. The SMILES string of the molecule is COc1ccc(C(=O)N=C=O)c(OC)c1. The summed E-state index contributed by atoms with van der Waals surface area (Å²) >= 11 is 0. The van der Waals surface area contributed by atoms with E-state index < -0.39 is 5.91 Å². The predicted octanol–water partition coefficient (Wildman–Crippen LogP) is 1.18. The summed E-state index contributed by atoms with van der Waals surface area (Å²) in [5.41, 5.74) is 0.196. The molecule has 0 radical (unpaired) electrons. The van der Waals surface area contributed by atoms with Gasteiger partial charge < -0.3 is 9.47 Å². The molecule has 0 bridgehead atoms. The molecule has 1 aromatic carbocycles. The average molecular weight is 207 g/mol. The minimum Gasteiger partial charge on any atom is -0.497 e. The van der Waals surface area contributed by atoms with Gasteiger partial charge in [-0.1, -0.05) is 0 Å². The lowest BCUT2D eigenvalue weighted by Crippen LogP contribution is -1.99. The summed E-state index contributed by atoms with van der Waals surface area (Å²) in [6.45, 7) is 0. The van der Waals surface area contributed by atoms with Gasteiger partial charge in [0.25, 0.3) is 5.91 Å². The molecule has 0 unspecified atom stereocenters. The van der Waals surface area contributed by atoms with Crippen LogP contribution in [0.4, 0.5) is 0 Å². The molecule has 78 valence electrons. The molecule has 5 nitrogen and oxygen atoms in total. The number of ether oxygens (including phenoxy) is 2. The molecule has 0 aliphatic rings. The second-order valence-corrected chi connectivity index (χ2v) is 2.57. The van der Waals surface area contributed by atoms with E-state index in [4.69, 9.17) is 9.47 Å². The fourth-order valence-corrected chi connectivity index (χ4v) is 1.08. The minimum atomic E-state index is -0.690. The topological polar surface area (TPSA) is 65.0 Å². The molecule has 0 fully saturated rings. The highest BCUT2D eigenvalue weighted by molar-refractivity contribution is 6.00. The highest BCUT2D eigenvalue weighted by atomic mass is 16.5. The van der Waals surface area contributed by atoms with Crippen LogP contribution in [0, 0.1) is 0 Å². The van der Waals surface area contributed by atoms with Crippen molar-refractivity contribution in [1.82, 2.24) is 0 Å². The Morgan fingerprint density at radius 2 is 2.07 bits per heavy atom. The molecular weight excluding hydrogens is 198 g/mol. The number of rotatable bonds is 3. The molecule has 1 aromatic rings. The number of carbonyl (C=O) groups is 1. The third-order valence-electron chi connectivity index (χ3n) is 1.79. The van der Waals surface area contributed by atoms with Crippen molar-refractivity contribution in [3.8, 4) is 11.5 Å². The van der Waals surface area contributed by atoms with Crippen LogP contribution < -0.4 is 9.47 Å². The average Bonchev–Trinajstić information content (AvgIpc) is 2.28. The summed E-state index contributed by atoms with van der Waals surface area (Å²) in [6, 6.07) is 4.59. The summed E-state index contributed by atoms with van der Waals surface area (Å²) in [4.78, 5) is 24.2. The van der Waals surface area contributed by atoms with Crippen LogP contribution >= 0.6 is 0 Å². The Kier molecular flexibility index (Phi) is 3.60. The van der Waals surface area contributed by atoms with Crippen LogP contribution in [0.15, 0.2) is 23.2 Å². The molecule has 5 heteroatoms. The third-order valence-corrected chi connectivity index (χ3v) is 1.79. The summed E-state index contributed by atoms with van der Waals surface area (Å²) in [7, 11) is 2.91. The number of hydrogen-bond acceptors (Lipinski definition) is 4. The predicted molar refractivity (Wildman–Crippen MR) is 52.0 cm³/mol. The number of aliphatic imine (C=N–C) groups is 1. The Morgan fingerprint density at radius 3 is 2.60 bits per heavy atom. The smallest absolute Gasteiger partial charge is 0.291 e. The van der Waals surface area contributed by atoms with Gasteiger partial charge in [-0.05, 0) is 12.1 Å². The van der Waals surface area contributed by atoms with Gasteiger partial charge in [0, 0.05) is 6.07 Å². The molecule has 0 aromatic heterocycles. The highest BCUT2D eigenvalue weighted by Gasteiger charge is 2.12. The maximum Gasteiger partial charge on any atom is 0.291 e. The number of nitrogens with zero attached hydrogens (tertiary/aromatic N) is 1. The van der Waals surface area contributed by atoms with E-state index in [9.17, 15) is 9.59 Å². The molecule has 0 saturated carbocycles. The van der Waals surface area contributed by atoms with E-state index in [0.717, 1.165) is 0 Å². The van der Waals surface area contributed by atoms with Gasteiger partial charge >= 0.3 is 0 Å². The van der Waals surface area contributed by atoms with Crippen molar-refractivity contribution in [1.29, 1.82) is 0 Å². The monoisotopic (exact) mass is 207 g/mol. The summed E-state index contributed by atoms with van der Waals surface area (Å²) in [6.07, 6.45) is 1.18. The molecular formula is C10H9NO4. The Morgan fingerprint density at radius 1 is 1.33 bits per heavy atom. The van der Waals surface area contributed by atoms with Gasteiger partial charge in [-0.3, -0.25) is 4.79 Å². The normalized spacial score (nSPS) is 8.93. The van der Waals surface area contributed by atoms with E-state index in [1.807, 2.05) is 0 Å². The van der Waals surface area contributed by atoms with Crippen molar-refractivity contribution in [2.24, 2.45) is 4.99 Å². The first-order valence-electron chi connectivity index (χ1n) is 4.07. The molecule has 0 aliphatic carbocycles. The summed E-state index contributed by atoms with van der Waals surface area (Å²) in [5, 5.41) is 0. The zero-order valence-corrected chi connectivity index (χ0v) is 8.31. The molecule has 0 saturated heterocycles. The molecule has 15 heavy (non-hydrogen) atoms. The zero-order valence-electron chi connectivity index (χ0n) is 8.31. The van der Waals surface area contributed by atoms with E-state index in [2.05, 4.69) is 4.99 Å². The van der Waals surface area contributed by atoms with E-state index >= 15 is 0 Å². The van der Waals surface area contributed by atoms with Crippen molar-refractivity contribution in [3.05, 3.63) is 23.8 Å². The zero-order chi connectivity index (χ0) is 11.3. The Balaban J connectivity index is 3.18. The molecule has 0 spiro atoms. The van der Waals surface area contributed by atoms with Gasteiger partial charge in [-0.15, -0.1) is 4.99 Å². The molecule has 1 amide bonds. The number of benzene rings is 1.